The maximum Gasteiger partial charge on any atom is 0.256 e. The fraction of sp³-hybridized carbons (Fsp3) is 0.364. The van der Waals surface area contributed by atoms with Crippen LogP contribution in [0.3, 0.4) is 0 Å². The Kier molecular flexibility index (Phi) is 1.35. The molecule has 3 nitrogen and oxygen atoms in total. The highest BCUT2D eigenvalue weighted by atomic mass is 16.5. The van der Waals surface area contributed by atoms with Gasteiger partial charge in [0.25, 0.3) is 5.91 Å². The van der Waals surface area contributed by atoms with Crippen LogP contribution in [0.1, 0.15) is 22.8 Å². The van der Waals surface area contributed by atoms with Gasteiger partial charge in [0.1, 0.15) is 0 Å². The number of nitrogens with zero attached hydrogens (tertiary/aromatic N) is 1. The molecule has 0 bridgehead atoms. The third-order valence-electron chi connectivity index (χ3n) is 3.12. The zero-order valence-electron chi connectivity index (χ0n) is 7.99. The average molecular weight is 189 g/mol. The normalized spacial score (nSPS) is 29.2. The predicted molar refractivity (Wildman–Crippen MR) is 50.8 cm³/mol. The molecule has 1 fully saturated rings. The third kappa shape index (κ3) is 0.738. The molecule has 0 radical (unpaired) electrons. The number of amides is 1. The fourth-order valence-electron chi connectivity index (χ4n) is 2.36. The minimum Gasteiger partial charge on any atom is -0.350 e. The van der Waals surface area contributed by atoms with E-state index in [9.17, 15) is 4.79 Å². The van der Waals surface area contributed by atoms with Crippen LogP contribution in [0.25, 0.3) is 0 Å². The molecule has 2 heterocycles. The van der Waals surface area contributed by atoms with Gasteiger partial charge in [-0.2, -0.15) is 0 Å². The van der Waals surface area contributed by atoms with Crippen molar-refractivity contribution in [2.75, 3.05) is 13.2 Å². The fourth-order valence-corrected chi connectivity index (χ4v) is 2.36. The molecule has 72 valence electrons. The van der Waals surface area contributed by atoms with E-state index in [0.29, 0.717) is 13.2 Å². The topological polar surface area (TPSA) is 29.5 Å². The summed E-state index contributed by atoms with van der Waals surface area (Å²) in [5, 5.41) is 0. The summed E-state index contributed by atoms with van der Waals surface area (Å²) in [6, 6.07) is 7.67. The summed E-state index contributed by atoms with van der Waals surface area (Å²) >= 11 is 0. The van der Waals surface area contributed by atoms with Crippen LogP contribution in [0, 0.1) is 0 Å². The van der Waals surface area contributed by atoms with E-state index < -0.39 is 5.72 Å². The minimum absolute atomic E-state index is 0.0978. The number of carbonyl (C=O) groups excluding carboxylic acids is 1. The molecule has 2 aliphatic heterocycles. The molecule has 3 heteroatoms. The summed E-state index contributed by atoms with van der Waals surface area (Å²) in [6.07, 6.45) is 0. The summed E-state index contributed by atoms with van der Waals surface area (Å²) in [5.41, 5.74) is 1.28. The zero-order valence-corrected chi connectivity index (χ0v) is 7.99. The Morgan fingerprint density at radius 1 is 1.43 bits per heavy atom. The zero-order chi connectivity index (χ0) is 9.76. The molecule has 0 spiro atoms. The van der Waals surface area contributed by atoms with Crippen LogP contribution in [0.4, 0.5) is 0 Å². The first-order valence-corrected chi connectivity index (χ1v) is 4.79. The molecule has 2 aliphatic rings. The van der Waals surface area contributed by atoms with Gasteiger partial charge < -0.3 is 9.64 Å². The maximum atomic E-state index is 11.9. The van der Waals surface area contributed by atoms with E-state index in [-0.39, 0.29) is 5.91 Å². The first-order chi connectivity index (χ1) is 6.73. The van der Waals surface area contributed by atoms with E-state index in [4.69, 9.17) is 4.74 Å². The Labute approximate surface area is 82.3 Å². The largest absolute Gasteiger partial charge is 0.350 e. The van der Waals surface area contributed by atoms with Crippen molar-refractivity contribution >= 4 is 5.91 Å². The van der Waals surface area contributed by atoms with Gasteiger partial charge in [-0.25, -0.2) is 0 Å². The lowest BCUT2D eigenvalue weighted by molar-refractivity contribution is -0.0491. The lowest BCUT2D eigenvalue weighted by Gasteiger charge is -2.26. The molecule has 14 heavy (non-hydrogen) atoms. The molecule has 0 aromatic heterocycles. The first kappa shape index (κ1) is 8.00. The highest BCUT2D eigenvalue weighted by Gasteiger charge is 2.50. The van der Waals surface area contributed by atoms with Crippen LogP contribution < -0.4 is 0 Å². The molecule has 0 aliphatic carbocycles. The number of fused-ring (bicyclic) bond motifs is 3. The van der Waals surface area contributed by atoms with Crippen molar-refractivity contribution in [3.8, 4) is 0 Å². The van der Waals surface area contributed by atoms with Crippen molar-refractivity contribution in [2.45, 2.75) is 12.6 Å². The number of hydrogen-bond acceptors (Lipinski definition) is 2. The Hall–Kier alpha value is -1.35. The first-order valence-electron chi connectivity index (χ1n) is 4.79. The molecule has 1 aromatic rings. The van der Waals surface area contributed by atoms with Crippen molar-refractivity contribution in [1.29, 1.82) is 0 Å². The van der Waals surface area contributed by atoms with E-state index in [1.165, 1.54) is 0 Å². The van der Waals surface area contributed by atoms with E-state index >= 15 is 0 Å². The molecule has 3 rings (SSSR count). The minimum atomic E-state index is -0.506. The molecule has 1 saturated heterocycles. The Morgan fingerprint density at radius 2 is 2.21 bits per heavy atom. The second-order valence-corrected chi connectivity index (χ2v) is 3.83. The molecule has 1 atom stereocenters. The van der Waals surface area contributed by atoms with E-state index in [0.717, 1.165) is 11.1 Å². The van der Waals surface area contributed by atoms with Crippen LogP contribution in [-0.2, 0) is 10.5 Å². The summed E-state index contributed by atoms with van der Waals surface area (Å²) in [7, 11) is 0. The van der Waals surface area contributed by atoms with Gasteiger partial charge in [-0.05, 0) is 13.0 Å². The van der Waals surface area contributed by atoms with Gasteiger partial charge in [0.05, 0.1) is 6.61 Å². The standard InChI is InChI=1S/C11H11NO2/c1-11-9-5-3-2-4-8(9)10(13)12(11)6-7-14-11/h2-5H,6-7H2,1H3. The van der Waals surface area contributed by atoms with E-state index in [2.05, 4.69) is 0 Å². The Morgan fingerprint density at radius 3 is 3.07 bits per heavy atom. The summed E-state index contributed by atoms with van der Waals surface area (Å²) in [4.78, 5) is 13.7. The Balaban J connectivity index is 2.26. The molecule has 1 unspecified atom stereocenters. The number of benzene rings is 1. The molecule has 1 amide bonds. The average Bonchev–Trinajstić information content (AvgIpc) is 2.67. The highest BCUT2D eigenvalue weighted by molar-refractivity contribution is 5.99. The molecule has 1 aromatic carbocycles. The summed E-state index contributed by atoms with van der Waals surface area (Å²) in [5.74, 6) is 0.0978. The van der Waals surface area contributed by atoms with Crippen LogP contribution in [0.5, 0.6) is 0 Å². The van der Waals surface area contributed by atoms with Gasteiger partial charge in [0.2, 0.25) is 0 Å². The molecule has 0 saturated carbocycles. The smallest absolute Gasteiger partial charge is 0.256 e. The number of hydrogen-bond donors (Lipinski definition) is 0. The quantitative estimate of drug-likeness (QED) is 0.616. The van der Waals surface area contributed by atoms with Crippen molar-refractivity contribution in [3.63, 3.8) is 0 Å². The van der Waals surface area contributed by atoms with Gasteiger partial charge in [-0.15, -0.1) is 0 Å². The number of rotatable bonds is 0. The SMILES string of the molecule is CC12OCCN1C(=O)c1ccccc12. The van der Waals surface area contributed by atoms with Gasteiger partial charge in [-0.1, -0.05) is 18.2 Å². The number of carbonyl (C=O) groups is 1. The molecule has 0 N–H and O–H groups in total. The van der Waals surface area contributed by atoms with E-state index in [1.807, 2.05) is 31.2 Å². The summed E-state index contributed by atoms with van der Waals surface area (Å²) < 4.78 is 5.67. The van der Waals surface area contributed by atoms with Crippen LogP contribution in [0.15, 0.2) is 24.3 Å². The highest BCUT2D eigenvalue weighted by Crippen LogP contribution is 2.42. The van der Waals surface area contributed by atoms with Crippen LogP contribution >= 0.6 is 0 Å². The van der Waals surface area contributed by atoms with Gasteiger partial charge in [-0.3, -0.25) is 4.79 Å². The van der Waals surface area contributed by atoms with Gasteiger partial charge >= 0.3 is 0 Å². The van der Waals surface area contributed by atoms with E-state index in [1.54, 1.807) is 4.90 Å². The van der Waals surface area contributed by atoms with Crippen LogP contribution in [0.2, 0.25) is 0 Å². The van der Waals surface area contributed by atoms with Crippen molar-refractivity contribution in [3.05, 3.63) is 35.4 Å². The second kappa shape index (κ2) is 2.36. The second-order valence-electron chi connectivity index (χ2n) is 3.83. The number of ether oxygens (including phenoxy) is 1. The Bertz CT molecular complexity index is 416. The predicted octanol–water partition coefficient (Wildman–Crippen LogP) is 1.35. The van der Waals surface area contributed by atoms with Crippen molar-refractivity contribution in [1.82, 2.24) is 4.90 Å². The third-order valence-corrected chi connectivity index (χ3v) is 3.12. The van der Waals surface area contributed by atoms with Gasteiger partial charge in [0.15, 0.2) is 5.72 Å². The lowest BCUT2D eigenvalue weighted by atomic mass is 10.0. The molecular formula is C11H11NO2. The monoisotopic (exact) mass is 189 g/mol. The maximum absolute atomic E-state index is 11.9. The molecular weight excluding hydrogens is 178 g/mol. The van der Waals surface area contributed by atoms with Crippen LogP contribution in [-0.4, -0.2) is 24.0 Å². The lowest BCUT2D eigenvalue weighted by Crippen LogP contribution is -2.36. The van der Waals surface area contributed by atoms with Gasteiger partial charge in [0, 0.05) is 17.7 Å². The van der Waals surface area contributed by atoms with Crippen molar-refractivity contribution < 1.29 is 9.53 Å². The summed E-state index contributed by atoms with van der Waals surface area (Å²) in [6.45, 7) is 3.30. The van der Waals surface area contributed by atoms with Crippen molar-refractivity contribution in [2.24, 2.45) is 0 Å².